The SMILES string of the molecule is Cc1cn2cc(Br)cc(C(F)F)c2n1. The van der Waals surface area contributed by atoms with Gasteiger partial charge in [0.05, 0.1) is 11.3 Å². The standard InChI is InChI=1S/C9H7BrF2N2/c1-5-3-14-4-6(10)2-7(8(11)12)9(14)13-5/h2-4,8H,1H3. The van der Waals surface area contributed by atoms with Crippen LogP contribution >= 0.6 is 15.9 Å². The van der Waals surface area contributed by atoms with E-state index in [0.29, 0.717) is 10.1 Å². The highest BCUT2D eigenvalue weighted by Crippen LogP contribution is 2.26. The molecule has 0 aliphatic heterocycles. The molecule has 0 atom stereocenters. The monoisotopic (exact) mass is 260 g/mol. The minimum absolute atomic E-state index is 0.0486. The first kappa shape index (κ1) is 9.58. The summed E-state index contributed by atoms with van der Waals surface area (Å²) in [5.74, 6) is 0. The molecule has 5 heteroatoms. The van der Waals surface area contributed by atoms with Crippen molar-refractivity contribution in [3.63, 3.8) is 0 Å². The quantitative estimate of drug-likeness (QED) is 0.769. The molecule has 0 aliphatic rings. The van der Waals surface area contributed by atoms with E-state index in [1.807, 2.05) is 0 Å². The van der Waals surface area contributed by atoms with Crippen molar-refractivity contribution in [2.24, 2.45) is 0 Å². The average molecular weight is 261 g/mol. The minimum atomic E-state index is -2.50. The van der Waals surface area contributed by atoms with Gasteiger partial charge in [0.1, 0.15) is 5.65 Å². The number of aromatic nitrogens is 2. The van der Waals surface area contributed by atoms with E-state index in [1.165, 1.54) is 6.07 Å². The maximum absolute atomic E-state index is 12.6. The molecule has 0 aromatic carbocycles. The van der Waals surface area contributed by atoms with Gasteiger partial charge in [-0.15, -0.1) is 0 Å². The molecule has 2 aromatic heterocycles. The van der Waals surface area contributed by atoms with E-state index in [-0.39, 0.29) is 5.56 Å². The van der Waals surface area contributed by atoms with Crippen LogP contribution in [0.1, 0.15) is 17.7 Å². The van der Waals surface area contributed by atoms with Crippen molar-refractivity contribution in [2.45, 2.75) is 13.3 Å². The second-order valence-corrected chi connectivity index (χ2v) is 3.94. The highest BCUT2D eigenvalue weighted by molar-refractivity contribution is 9.10. The van der Waals surface area contributed by atoms with Crippen LogP contribution in [0.4, 0.5) is 8.78 Å². The van der Waals surface area contributed by atoms with Crippen molar-refractivity contribution in [3.8, 4) is 0 Å². The van der Waals surface area contributed by atoms with E-state index in [2.05, 4.69) is 20.9 Å². The van der Waals surface area contributed by atoms with Crippen molar-refractivity contribution in [1.29, 1.82) is 0 Å². The molecule has 2 heterocycles. The first-order chi connectivity index (χ1) is 6.58. The van der Waals surface area contributed by atoms with Crippen molar-refractivity contribution < 1.29 is 8.78 Å². The molecule has 0 unspecified atom stereocenters. The van der Waals surface area contributed by atoms with Crippen LogP contribution in [0.5, 0.6) is 0 Å². The Balaban J connectivity index is 2.79. The van der Waals surface area contributed by atoms with E-state index in [0.717, 1.165) is 5.69 Å². The Labute approximate surface area is 87.7 Å². The van der Waals surface area contributed by atoms with Crippen LogP contribution < -0.4 is 0 Å². The Morgan fingerprint density at radius 2 is 2.14 bits per heavy atom. The first-order valence-corrected chi connectivity index (χ1v) is 4.80. The Morgan fingerprint density at radius 3 is 2.79 bits per heavy atom. The van der Waals surface area contributed by atoms with Crippen molar-refractivity contribution in [2.75, 3.05) is 0 Å². The lowest BCUT2D eigenvalue weighted by Crippen LogP contribution is -1.92. The van der Waals surface area contributed by atoms with Crippen molar-refractivity contribution in [3.05, 3.63) is 34.2 Å². The van der Waals surface area contributed by atoms with Crippen LogP contribution in [-0.2, 0) is 0 Å². The van der Waals surface area contributed by atoms with Gasteiger partial charge in [-0.1, -0.05) is 0 Å². The number of alkyl halides is 2. The molecule has 74 valence electrons. The van der Waals surface area contributed by atoms with Gasteiger partial charge in [-0.25, -0.2) is 13.8 Å². The molecular formula is C9H7BrF2N2. The lowest BCUT2D eigenvalue weighted by atomic mass is 10.3. The maximum Gasteiger partial charge on any atom is 0.267 e. The molecule has 2 aromatic rings. The average Bonchev–Trinajstić information content (AvgIpc) is 2.42. The highest BCUT2D eigenvalue weighted by atomic mass is 79.9. The van der Waals surface area contributed by atoms with Crippen molar-refractivity contribution in [1.82, 2.24) is 9.38 Å². The van der Waals surface area contributed by atoms with Gasteiger partial charge in [0.25, 0.3) is 6.43 Å². The van der Waals surface area contributed by atoms with Gasteiger partial charge in [-0.05, 0) is 28.9 Å². The molecule has 0 bridgehead atoms. The van der Waals surface area contributed by atoms with Gasteiger partial charge in [-0.3, -0.25) is 0 Å². The number of imidazole rings is 1. The van der Waals surface area contributed by atoms with E-state index in [1.54, 1.807) is 23.7 Å². The first-order valence-electron chi connectivity index (χ1n) is 4.01. The molecule has 0 radical (unpaired) electrons. The Morgan fingerprint density at radius 1 is 1.43 bits per heavy atom. The molecule has 0 amide bonds. The lowest BCUT2D eigenvalue weighted by Gasteiger charge is -2.02. The third kappa shape index (κ3) is 1.52. The third-order valence-electron chi connectivity index (χ3n) is 1.90. The topological polar surface area (TPSA) is 17.3 Å². The number of rotatable bonds is 1. The zero-order chi connectivity index (χ0) is 10.3. The molecule has 0 saturated heterocycles. The molecule has 0 N–H and O–H groups in total. The van der Waals surface area contributed by atoms with E-state index in [4.69, 9.17) is 0 Å². The highest BCUT2D eigenvalue weighted by Gasteiger charge is 2.14. The summed E-state index contributed by atoms with van der Waals surface area (Å²) in [5, 5.41) is 0. The molecule has 0 spiro atoms. The predicted molar refractivity (Wildman–Crippen MR) is 52.6 cm³/mol. The zero-order valence-electron chi connectivity index (χ0n) is 7.34. The zero-order valence-corrected chi connectivity index (χ0v) is 8.92. The predicted octanol–water partition coefficient (Wildman–Crippen LogP) is 3.34. The fourth-order valence-corrected chi connectivity index (χ4v) is 1.84. The number of pyridine rings is 1. The molecule has 0 saturated carbocycles. The molecule has 0 aliphatic carbocycles. The summed E-state index contributed by atoms with van der Waals surface area (Å²) in [5.41, 5.74) is 0.998. The van der Waals surface area contributed by atoms with Gasteiger partial charge in [-0.2, -0.15) is 0 Å². The van der Waals surface area contributed by atoms with Crippen molar-refractivity contribution >= 4 is 21.6 Å². The smallest absolute Gasteiger partial charge is 0.267 e. The van der Waals surface area contributed by atoms with Gasteiger partial charge in [0.15, 0.2) is 0 Å². The number of nitrogens with zero attached hydrogens (tertiary/aromatic N) is 2. The van der Waals surface area contributed by atoms with Crippen LogP contribution in [0.2, 0.25) is 0 Å². The third-order valence-corrected chi connectivity index (χ3v) is 2.34. The molecule has 2 nitrogen and oxygen atoms in total. The number of halogens is 3. The minimum Gasteiger partial charge on any atom is -0.305 e. The van der Waals surface area contributed by atoms with Gasteiger partial charge in [0, 0.05) is 16.9 Å². The van der Waals surface area contributed by atoms with Crippen LogP contribution in [0.15, 0.2) is 22.9 Å². The molecule has 14 heavy (non-hydrogen) atoms. The fourth-order valence-electron chi connectivity index (χ4n) is 1.37. The van der Waals surface area contributed by atoms with Crippen LogP contribution in [0.25, 0.3) is 5.65 Å². The van der Waals surface area contributed by atoms with Gasteiger partial charge in [0.2, 0.25) is 0 Å². The molecule has 2 rings (SSSR count). The summed E-state index contributed by atoms with van der Waals surface area (Å²) in [6.45, 7) is 1.77. The Kier molecular flexibility index (Phi) is 2.26. The Bertz CT molecular complexity index is 479. The van der Waals surface area contributed by atoms with E-state index in [9.17, 15) is 8.78 Å². The number of hydrogen-bond acceptors (Lipinski definition) is 1. The van der Waals surface area contributed by atoms with Crippen LogP contribution in [-0.4, -0.2) is 9.38 Å². The van der Waals surface area contributed by atoms with Crippen LogP contribution in [0, 0.1) is 6.92 Å². The maximum atomic E-state index is 12.6. The van der Waals surface area contributed by atoms with E-state index >= 15 is 0 Å². The normalized spacial score (nSPS) is 11.5. The largest absolute Gasteiger partial charge is 0.305 e. The number of hydrogen-bond donors (Lipinski definition) is 0. The van der Waals surface area contributed by atoms with Gasteiger partial charge >= 0.3 is 0 Å². The van der Waals surface area contributed by atoms with E-state index < -0.39 is 6.43 Å². The summed E-state index contributed by atoms with van der Waals surface area (Å²) in [4.78, 5) is 4.04. The fraction of sp³-hybridized carbons (Fsp3) is 0.222. The Hall–Kier alpha value is -0.970. The van der Waals surface area contributed by atoms with Crippen LogP contribution in [0.3, 0.4) is 0 Å². The second kappa shape index (κ2) is 3.31. The lowest BCUT2D eigenvalue weighted by molar-refractivity contribution is 0.152. The van der Waals surface area contributed by atoms with Gasteiger partial charge < -0.3 is 4.40 Å². The molecule has 0 fully saturated rings. The summed E-state index contributed by atoms with van der Waals surface area (Å²) in [7, 11) is 0. The summed E-state index contributed by atoms with van der Waals surface area (Å²) in [6.07, 6.45) is 0.921. The summed E-state index contributed by atoms with van der Waals surface area (Å²) < 4.78 is 27.4. The number of fused-ring (bicyclic) bond motifs is 1. The number of aryl methyl sites for hydroxylation is 1. The second-order valence-electron chi connectivity index (χ2n) is 3.03. The molecular weight excluding hydrogens is 254 g/mol. The summed E-state index contributed by atoms with van der Waals surface area (Å²) >= 11 is 3.18. The summed E-state index contributed by atoms with van der Waals surface area (Å²) in [6, 6.07) is 1.40.